The van der Waals surface area contributed by atoms with Gasteiger partial charge >= 0.3 is 6.03 Å². The molecule has 12 heteroatoms. The summed E-state index contributed by atoms with van der Waals surface area (Å²) in [5.74, 6) is -1.68. The number of hydrogen-bond donors (Lipinski definition) is 1. The number of nitro groups is 1. The highest BCUT2D eigenvalue weighted by molar-refractivity contribution is 9.11. The number of benzene rings is 3. The molecule has 1 fully saturated rings. The molecule has 0 bridgehead atoms. The highest BCUT2D eigenvalue weighted by atomic mass is 79.9. The van der Waals surface area contributed by atoms with Crippen LogP contribution in [0.4, 0.5) is 20.6 Å². The van der Waals surface area contributed by atoms with E-state index < -0.39 is 22.8 Å². The molecular weight excluding hydrogens is 605 g/mol. The Balaban J connectivity index is 1.59. The maximum Gasteiger partial charge on any atom is 0.335 e. The zero-order valence-corrected chi connectivity index (χ0v) is 21.2. The van der Waals surface area contributed by atoms with Crippen LogP contribution in [0.2, 0.25) is 0 Å². The average Bonchev–Trinajstić information content (AvgIpc) is 2.82. The van der Waals surface area contributed by atoms with E-state index >= 15 is 0 Å². The molecule has 1 saturated heterocycles. The van der Waals surface area contributed by atoms with Gasteiger partial charge in [0, 0.05) is 12.1 Å². The van der Waals surface area contributed by atoms with Crippen LogP contribution in [0.25, 0.3) is 6.08 Å². The molecule has 0 radical (unpaired) electrons. The molecule has 1 aliphatic rings. The maximum atomic E-state index is 13.1. The molecule has 3 aromatic rings. The predicted molar refractivity (Wildman–Crippen MR) is 135 cm³/mol. The number of hydrogen-bond acceptors (Lipinski definition) is 6. The van der Waals surface area contributed by atoms with Crippen LogP contribution >= 0.6 is 31.9 Å². The lowest BCUT2D eigenvalue weighted by molar-refractivity contribution is -0.384. The van der Waals surface area contributed by atoms with E-state index in [1.54, 1.807) is 24.3 Å². The Morgan fingerprint density at radius 3 is 2.19 bits per heavy atom. The summed E-state index contributed by atoms with van der Waals surface area (Å²) < 4.78 is 19.9. The van der Waals surface area contributed by atoms with Gasteiger partial charge in [0.2, 0.25) is 0 Å². The molecule has 36 heavy (non-hydrogen) atoms. The number of ether oxygens (including phenoxy) is 1. The number of halogens is 3. The van der Waals surface area contributed by atoms with Crippen LogP contribution in [-0.2, 0) is 16.2 Å². The Morgan fingerprint density at radius 2 is 1.61 bits per heavy atom. The van der Waals surface area contributed by atoms with Gasteiger partial charge in [-0.3, -0.25) is 25.0 Å². The fourth-order valence-electron chi connectivity index (χ4n) is 3.32. The second-order valence-corrected chi connectivity index (χ2v) is 9.17. The molecule has 9 nitrogen and oxygen atoms in total. The first-order valence-electron chi connectivity index (χ1n) is 10.2. The van der Waals surface area contributed by atoms with Gasteiger partial charge in [-0.2, -0.15) is 0 Å². The van der Waals surface area contributed by atoms with Crippen LogP contribution in [0.5, 0.6) is 5.75 Å². The number of nitro benzene ring substituents is 1. The molecule has 0 aromatic heterocycles. The Hall–Kier alpha value is -3.90. The predicted octanol–water partition coefficient (Wildman–Crippen LogP) is 5.50. The number of nitrogens with one attached hydrogen (secondary N) is 1. The van der Waals surface area contributed by atoms with Crippen molar-refractivity contribution in [1.29, 1.82) is 0 Å². The summed E-state index contributed by atoms with van der Waals surface area (Å²) in [4.78, 5) is 48.9. The number of amides is 4. The van der Waals surface area contributed by atoms with Gasteiger partial charge in [-0.05, 0) is 85.5 Å². The SMILES string of the molecule is O=C1NC(=O)N(c2ccc([N+](=O)[O-])cc2)C(=O)/C1=C/c1cc(Br)c(OCc2ccc(F)cc2)c(Br)c1. The molecule has 0 spiro atoms. The normalized spacial score (nSPS) is 14.7. The number of barbiturate groups is 1. The van der Waals surface area contributed by atoms with E-state index in [2.05, 4.69) is 37.2 Å². The first-order valence-corrected chi connectivity index (χ1v) is 11.7. The fourth-order valence-corrected chi connectivity index (χ4v) is 4.77. The van der Waals surface area contributed by atoms with Crippen molar-refractivity contribution in [2.45, 2.75) is 6.61 Å². The van der Waals surface area contributed by atoms with Crippen molar-refractivity contribution >= 4 is 67.2 Å². The van der Waals surface area contributed by atoms with Gasteiger partial charge in [-0.15, -0.1) is 0 Å². The van der Waals surface area contributed by atoms with Crippen molar-refractivity contribution in [3.63, 3.8) is 0 Å². The van der Waals surface area contributed by atoms with Gasteiger partial charge in [0.25, 0.3) is 17.5 Å². The summed E-state index contributed by atoms with van der Waals surface area (Å²) in [7, 11) is 0. The molecule has 1 N–H and O–H groups in total. The Labute approximate surface area is 220 Å². The average molecular weight is 619 g/mol. The number of anilines is 1. The minimum Gasteiger partial charge on any atom is -0.487 e. The van der Waals surface area contributed by atoms with Gasteiger partial charge < -0.3 is 4.74 Å². The zero-order chi connectivity index (χ0) is 26.0. The van der Waals surface area contributed by atoms with Crippen LogP contribution in [0.15, 0.2) is 75.2 Å². The van der Waals surface area contributed by atoms with E-state index in [4.69, 9.17) is 4.74 Å². The van der Waals surface area contributed by atoms with Crippen molar-refractivity contribution in [2.75, 3.05) is 4.90 Å². The standard InChI is InChI=1S/C24H14Br2FN3O6/c25-19-10-14(11-20(26)21(19)36-12-13-1-3-15(27)4-2-13)9-18-22(31)28-24(33)29(23(18)32)16-5-7-17(8-6-16)30(34)35/h1-11H,12H2,(H,28,31,33)/b18-9+. The molecule has 0 atom stereocenters. The van der Waals surface area contributed by atoms with E-state index in [0.717, 1.165) is 22.6 Å². The van der Waals surface area contributed by atoms with E-state index in [1.807, 2.05) is 0 Å². The first-order chi connectivity index (χ1) is 17.1. The highest BCUT2D eigenvalue weighted by Crippen LogP contribution is 2.36. The molecule has 3 aromatic carbocycles. The second kappa shape index (κ2) is 10.4. The Bertz CT molecular complexity index is 1400. The number of carbonyl (C=O) groups is 3. The minimum atomic E-state index is -0.970. The third-order valence-corrected chi connectivity index (χ3v) is 6.23. The van der Waals surface area contributed by atoms with Gasteiger partial charge in [-0.25, -0.2) is 14.1 Å². The lowest BCUT2D eigenvalue weighted by Crippen LogP contribution is -2.54. The summed E-state index contributed by atoms with van der Waals surface area (Å²) in [6.45, 7) is 0.172. The Kier molecular flexibility index (Phi) is 7.27. The van der Waals surface area contributed by atoms with Crippen LogP contribution in [0.1, 0.15) is 11.1 Å². The third-order valence-electron chi connectivity index (χ3n) is 5.05. The van der Waals surface area contributed by atoms with Crippen molar-refractivity contribution in [2.24, 2.45) is 0 Å². The Morgan fingerprint density at radius 1 is 1.00 bits per heavy atom. The van der Waals surface area contributed by atoms with Crippen molar-refractivity contribution in [3.05, 3.63) is 102 Å². The summed E-state index contributed by atoms with van der Waals surface area (Å²) in [5, 5.41) is 13.0. The van der Waals surface area contributed by atoms with E-state index in [0.29, 0.717) is 20.3 Å². The van der Waals surface area contributed by atoms with E-state index in [9.17, 15) is 28.9 Å². The lowest BCUT2D eigenvalue weighted by atomic mass is 10.1. The molecule has 4 rings (SSSR count). The largest absolute Gasteiger partial charge is 0.487 e. The fraction of sp³-hybridized carbons (Fsp3) is 0.0417. The van der Waals surface area contributed by atoms with Crippen LogP contribution in [0.3, 0.4) is 0 Å². The number of imide groups is 2. The van der Waals surface area contributed by atoms with Crippen molar-refractivity contribution in [3.8, 4) is 5.75 Å². The topological polar surface area (TPSA) is 119 Å². The number of carbonyl (C=O) groups excluding carboxylic acids is 3. The molecule has 182 valence electrons. The second-order valence-electron chi connectivity index (χ2n) is 7.46. The minimum absolute atomic E-state index is 0.0633. The summed E-state index contributed by atoms with van der Waals surface area (Å²) in [6.07, 6.45) is 1.31. The third kappa shape index (κ3) is 5.34. The summed E-state index contributed by atoms with van der Waals surface area (Å²) >= 11 is 6.81. The summed E-state index contributed by atoms with van der Waals surface area (Å²) in [5.41, 5.74) is 0.730. The molecule has 0 saturated carbocycles. The van der Waals surface area contributed by atoms with Gasteiger partial charge in [-0.1, -0.05) is 12.1 Å². The molecular formula is C24H14Br2FN3O6. The molecule has 1 aliphatic heterocycles. The number of rotatable bonds is 6. The molecule has 0 aliphatic carbocycles. The number of non-ortho nitro benzene ring substituents is 1. The molecule has 0 unspecified atom stereocenters. The molecule has 4 amide bonds. The van der Waals surface area contributed by atoms with E-state index in [-0.39, 0.29) is 29.4 Å². The van der Waals surface area contributed by atoms with Crippen LogP contribution < -0.4 is 15.0 Å². The number of nitrogens with zero attached hydrogens (tertiary/aromatic N) is 2. The van der Waals surface area contributed by atoms with Crippen molar-refractivity contribution < 1.29 is 28.4 Å². The maximum absolute atomic E-state index is 13.1. The van der Waals surface area contributed by atoms with Gasteiger partial charge in [0.15, 0.2) is 0 Å². The molecule has 1 heterocycles. The van der Waals surface area contributed by atoms with E-state index in [1.165, 1.54) is 30.3 Å². The number of urea groups is 1. The first kappa shape index (κ1) is 25.2. The summed E-state index contributed by atoms with van der Waals surface area (Å²) in [6, 6.07) is 12.9. The van der Waals surface area contributed by atoms with Crippen LogP contribution in [-0.4, -0.2) is 22.8 Å². The lowest BCUT2D eigenvalue weighted by Gasteiger charge is -2.26. The monoisotopic (exact) mass is 617 g/mol. The van der Waals surface area contributed by atoms with Gasteiger partial charge in [0.1, 0.15) is 23.7 Å². The highest BCUT2D eigenvalue weighted by Gasteiger charge is 2.37. The van der Waals surface area contributed by atoms with Crippen LogP contribution in [0, 0.1) is 15.9 Å². The zero-order valence-electron chi connectivity index (χ0n) is 18.0. The van der Waals surface area contributed by atoms with Gasteiger partial charge in [0.05, 0.1) is 19.6 Å². The van der Waals surface area contributed by atoms with Crippen molar-refractivity contribution in [1.82, 2.24) is 5.32 Å². The smallest absolute Gasteiger partial charge is 0.335 e. The quantitative estimate of drug-likeness (QED) is 0.169.